The van der Waals surface area contributed by atoms with Gasteiger partial charge in [-0.1, -0.05) is 39.0 Å². The maximum absolute atomic E-state index is 13.2. The van der Waals surface area contributed by atoms with Gasteiger partial charge in [-0.25, -0.2) is 4.39 Å². The van der Waals surface area contributed by atoms with E-state index >= 15 is 0 Å². The molecular weight excluding hydrogens is 463 g/mol. The van der Waals surface area contributed by atoms with Crippen LogP contribution in [-0.2, 0) is 21.5 Å². The molecule has 0 radical (unpaired) electrons. The predicted octanol–water partition coefficient (Wildman–Crippen LogP) is 4.82. The average molecular weight is 493 g/mol. The molecule has 0 aliphatic heterocycles. The van der Waals surface area contributed by atoms with Crippen molar-refractivity contribution in [1.29, 1.82) is 0 Å². The third-order valence-corrected chi connectivity index (χ3v) is 5.55. The quantitative estimate of drug-likeness (QED) is 0.574. The average Bonchev–Trinajstić information content (AvgIpc) is 2.71. The Labute approximate surface area is 192 Å². The minimum absolute atomic E-state index is 0.00903. The Balaban J connectivity index is 2.16. The summed E-state index contributed by atoms with van der Waals surface area (Å²) in [6.07, 6.45) is 0. The molecule has 31 heavy (non-hydrogen) atoms. The fourth-order valence-corrected chi connectivity index (χ4v) is 3.49. The van der Waals surface area contributed by atoms with Crippen LogP contribution in [0.1, 0.15) is 45.7 Å². The maximum Gasteiger partial charge on any atom is 0.261 e. The summed E-state index contributed by atoms with van der Waals surface area (Å²) < 4.78 is 19.8. The summed E-state index contributed by atoms with van der Waals surface area (Å²) in [7, 11) is 0. The third kappa shape index (κ3) is 7.06. The van der Waals surface area contributed by atoms with Crippen LogP contribution >= 0.6 is 15.9 Å². The molecule has 0 aromatic heterocycles. The lowest BCUT2D eigenvalue weighted by Crippen LogP contribution is -2.49. The van der Waals surface area contributed by atoms with E-state index in [0.29, 0.717) is 12.3 Å². The SMILES string of the molecule is CCNC(=O)C(C)N(Cc1ccc(F)cc1)C(=O)COc1ccc(C(C)(C)C)cc1Br. The van der Waals surface area contributed by atoms with Crippen LogP contribution in [-0.4, -0.2) is 35.9 Å². The molecule has 5 nitrogen and oxygen atoms in total. The van der Waals surface area contributed by atoms with Crippen molar-refractivity contribution in [1.82, 2.24) is 10.2 Å². The smallest absolute Gasteiger partial charge is 0.261 e. The van der Waals surface area contributed by atoms with Gasteiger partial charge in [-0.15, -0.1) is 0 Å². The second kappa shape index (κ2) is 10.8. The van der Waals surface area contributed by atoms with Gasteiger partial charge in [-0.2, -0.15) is 0 Å². The lowest BCUT2D eigenvalue weighted by Gasteiger charge is -2.28. The van der Waals surface area contributed by atoms with Crippen molar-refractivity contribution >= 4 is 27.7 Å². The monoisotopic (exact) mass is 492 g/mol. The number of hydrogen-bond donors (Lipinski definition) is 1. The van der Waals surface area contributed by atoms with Gasteiger partial charge in [-0.3, -0.25) is 9.59 Å². The number of nitrogens with one attached hydrogen (secondary N) is 1. The third-order valence-electron chi connectivity index (χ3n) is 4.93. The molecule has 0 saturated carbocycles. The Morgan fingerprint density at radius 3 is 2.35 bits per heavy atom. The van der Waals surface area contributed by atoms with Gasteiger partial charge in [0.15, 0.2) is 6.61 Å². The molecule has 2 amide bonds. The van der Waals surface area contributed by atoms with Gasteiger partial charge in [0, 0.05) is 13.1 Å². The summed E-state index contributed by atoms with van der Waals surface area (Å²) in [5.41, 5.74) is 1.85. The fourth-order valence-electron chi connectivity index (χ4n) is 3.00. The lowest BCUT2D eigenvalue weighted by molar-refractivity contribution is -0.142. The minimum atomic E-state index is -0.701. The van der Waals surface area contributed by atoms with Crippen molar-refractivity contribution in [2.24, 2.45) is 0 Å². The first-order valence-electron chi connectivity index (χ1n) is 10.3. The van der Waals surface area contributed by atoms with E-state index in [2.05, 4.69) is 42.0 Å². The first-order valence-corrected chi connectivity index (χ1v) is 11.1. The molecule has 1 atom stereocenters. The minimum Gasteiger partial charge on any atom is -0.483 e. The zero-order valence-electron chi connectivity index (χ0n) is 18.7. The number of nitrogens with zero attached hydrogens (tertiary/aromatic N) is 1. The van der Waals surface area contributed by atoms with Gasteiger partial charge in [0.2, 0.25) is 5.91 Å². The number of carbonyl (C=O) groups excluding carboxylic acids is 2. The standard InChI is InChI=1S/C24H30BrFN2O3/c1-6-27-23(30)16(2)28(14-17-7-10-19(26)11-8-17)22(29)15-31-21-12-9-18(13-20(21)25)24(3,4)5/h7-13,16H,6,14-15H2,1-5H3,(H,27,30). The van der Waals surface area contributed by atoms with Gasteiger partial charge in [0.05, 0.1) is 4.47 Å². The van der Waals surface area contributed by atoms with Crippen LogP contribution in [0.2, 0.25) is 0 Å². The maximum atomic E-state index is 13.2. The summed E-state index contributed by atoms with van der Waals surface area (Å²) in [6, 6.07) is 10.9. The van der Waals surface area contributed by atoms with Crippen molar-refractivity contribution in [3.05, 3.63) is 63.9 Å². The van der Waals surface area contributed by atoms with Crippen molar-refractivity contribution < 1.29 is 18.7 Å². The topological polar surface area (TPSA) is 58.6 Å². The highest BCUT2D eigenvalue weighted by Gasteiger charge is 2.26. The normalized spacial score (nSPS) is 12.2. The highest BCUT2D eigenvalue weighted by Crippen LogP contribution is 2.31. The molecule has 2 aromatic carbocycles. The number of rotatable bonds is 8. The summed E-state index contributed by atoms with van der Waals surface area (Å²) in [5.74, 6) is -0.400. The first-order chi connectivity index (χ1) is 14.5. The molecule has 0 aliphatic carbocycles. The van der Waals surface area contributed by atoms with Crippen molar-refractivity contribution in [3.63, 3.8) is 0 Å². The lowest BCUT2D eigenvalue weighted by atomic mass is 9.87. The molecule has 1 unspecified atom stereocenters. The zero-order chi connectivity index (χ0) is 23.2. The Morgan fingerprint density at radius 2 is 1.81 bits per heavy atom. The van der Waals surface area contributed by atoms with E-state index in [4.69, 9.17) is 4.74 Å². The number of benzene rings is 2. The summed E-state index contributed by atoms with van der Waals surface area (Å²) in [6.45, 7) is 10.3. The summed E-state index contributed by atoms with van der Waals surface area (Å²) in [5, 5.41) is 2.74. The number of likely N-dealkylation sites (N-methyl/N-ethyl adjacent to an activating group) is 1. The van der Waals surface area contributed by atoms with Crippen molar-refractivity contribution in [2.45, 2.75) is 52.6 Å². The van der Waals surface area contributed by atoms with Crippen LogP contribution in [0.15, 0.2) is 46.9 Å². The van der Waals surface area contributed by atoms with Crippen molar-refractivity contribution in [3.8, 4) is 5.75 Å². The molecular formula is C24H30BrFN2O3. The zero-order valence-corrected chi connectivity index (χ0v) is 20.3. The van der Waals surface area contributed by atoms with E-state index in [1.165, 1.54) is 17.0 Å². The molecule has 0 saturated heterocycles. The van der Waals surface area contributed by atoms with Crippen LogP contribution in [0.5, 0.6) is 5.75 Å². The van der Waals surface area contributed by atoms with E-state index in [-0.39, 0.29) is 36.2 Å². The van der Waals surface area contributed by atoms with Gasteiger partial charge < -0.3 is 15.0 Å². The largest absolute Gasteiger partial charge is 0.483 e. The number of ether oxygens (including phenoxy) is 1. The van der Waals surface area contributed by atoms with Gasteiger partial charge in [-0.05, 0) is 70.6 Å². The van der Waals surface area contributed by atoms with Gasteiger partial charge in [0.25, 0.3) is 5.91 Å². The Bertz CT molecular complexity index is 910. The molecule has 0 spiro atoms. The Morgan fingerprint density at radius 1 is 1.16 bits per heavy atom. The van der Waals surface area contributed by atoms with E-state index < -0.39 is 6.04 Å². The van der Waals surface area contributed by atoms with E-state index in [1.807, 2.05) is 25.1 Å². The molecule has 7 heteroatoms. The van der Waals surface area contributed by atoms with Crippen LogP contribution in [0.3, 0.4) is 0 Å². The van der Waals surface area contributed by atoms with E-state index in [1.54, 1.807) is 19.1 Å². The fraction of sp³-hybridized carbons (Fsp3) is 0.417. The second-order valence-electron chi connectivity index (χ2n) is 8.40. The molecule has 1 N–H and O–H groups in total. The molecule has 0 fully saturated rings. The van der Waals surface area contributed by atoms with Crippen LogP contribution in [0.4, 0.5) is 4.39 Å². The van der Waals surface area contributed by atoms with Crippen LogP contribution in [0, 0.1) is 5.82 Å². The molecule has 2 aromatic rings. The van der Waals surface area contributed by atoms with Gasteiger partial charge in [0.1, 0.15) is 17.6 Å². The number of halogens is 2. The molecule has 2 rings (SSSR count). The predicted molar refractivity (Wildman–Crippen MR) is 123 cm³/mol. The Kier molecular flexibility index (Phi) is 8.62. The number of hydrogen-bond acceptors (Lipinski definition) is 3. The Hall–Kier alpha value is -2.41. The van der Waals surface area contributed by atoms with Crippen LogP contribution in [0.25, 0.3) is 0 Å². The summed E-state index contributed by atoms with van der Waals surface area (Å²) >= 11 is 3.51. The summed E-state index contributed by atoms with van der Waals surface area (Å²) in [4.78, 5) is 26.8. The number of amides is 2. The van der Waals surface area contributed by atoms with E-state index in [9.17, 15) is 14.0 Å². The van der Waals surface area contributed by atoms with Gasteiger partial charge >= 0.3 is 0 Å². The molecule has 0 aliphatic rings. The number of carbonyl (C=O) groups is 2. The molecule has 168 valence electrons. The van der Waals surface area contributed by atoms with Crippen molar-refractivity contribution in [2.75, 3.05) is 13.2 Å². The van der Waals surface area contributed by atoms with E-state index in [0.717, 1.165) is 15.6 Å². The second-order valence-corrected chi connectivity index (χ2v) is 9.26. The van der Waals surface area contributed by atoms with Crippen LogP contribution < -0.4 is 10.1 Å². The highest BCUT2D eigenvalue weighted by atomic mass is 79.9. The molecule has 0 bridgehead atoms. The highest BCUT2D eigenvalue weighted by molar-refractivity contribution is 9.10. The first kappa shape index (κ1) is 24.9. The molecule has 0 heterocycles.